The lowest BCUT2D eigenvalue weighted by Gasteiger charge is -2.40. The molecular weight excluding hydrogens is 1800 g/mol. The van der Waals surface area contributed by atoms with E-state index in [1.165, 1.54) is 236 Å². The second kappa shape index (κ2) is 65.3. The molecule has 15 aromatic rings. The monoisotopic (exact) mass is 1990 g/mol. The van der Waals surface area contributed by atoms with Gasteiger partial charge in [-0.3, -0.25) is 0 Å². The number of aryl methyl sites for hydroxylation is 7. The normalized spacial score (nSPS) is 11.8. The van der Waals surface area contributed by atoms with Crippen LogP contribution in [0.2, 0.25) is 0 Å². The fourth-order valence-corrected chi connectivity index (χ4v) is 21.2. The average molecular weight is 1990 g/mol. The molecule has 0 saturated heterocycles. The van der Waals surface area contributed by atoms with Crippen LogP contribution < -0.4 is 24.5 Å². The molecule has 5 nitrogen and oxygen atoms in total. The third-order valence-electron chi connectivity index (χ3n) is 27.1. The van der Waals surface area contributed by atoms with Crippen molar-refractivity contribution in [3.8, 4) is 0 Å². The molecule has 0 bridgehead atoms. The van der Waals surface area contributed by atoms with Gasteiger partial charge in [-0.15, -0.1) is 0 Å². The number of rotatable bonds is 7. The Hall–Kier alpha value is -12.7. The van der Waals surface area contributed by atoms with E-state index in [4.69, 9.17) is 0 Å². The maximum atomic E-state index is 2.52. The summed E-state index contributed by atoms with van der Waals surface area (Å²) in [7, 11) is 0. The lowest BCUT2D eigenvalue weighted by molar-refractivity contribution is 0.985. The van der Waals surface area contributed by atoms with Crippen LogP contribution in [0, 0.1) is 0 Å². The zero-order valence-electron chi connectivity index (χ0n) is 100.0. The molecule has 10 aliphatic rings. The van der Waals surface area contributed by atoms with Crippen LogP contribution in [0.1, 0.15) is 406 Å². The number of hydrogen-bond acceptors (Lipinski definition) is 5. The molecule has 0 aromatic heterocycles. The van der Waals surface area contributed by atoms with E-state index >= 15 is 0 Å². The third kappa shape index (κ3) is 27.6. The Morgan fingerprint density at radius 2 is 0.242 bits per heavy atom. The number of nitrogens with zero attached hydrogens (tertiary/aromatic N) is 5. The molecule has 0 fully saturated rings. The summed E-state index contributed by atoms with van der Waals surface area (Å²) in [5.74, 6) is 0. The van der Waals surface area contributed by atoms with Crippen molar-refractivity contribution in [2.45, 2.75) is 365 Å². The Labute approximate surface area is 910 Å². The van der Waals surface area contributed by atoms with Gasteiger partial charge in [-0.25, -0.2) is 0 Å². The summed E-state index contributed by atoms with van der Waals surface area (Å²) in [6, 6.07) is 109. The van der Waals surface area contributed by atoms with Gasteiger partial charge in [0.1, 0.15) is 0 Å². The molecule has 10 heterocycles. The quantitative estimate of drug-likeness (QED) is 0.158. The Kier molecular flexibility index (Phi) is 54.8. The molecule has 25 rings (SSSR count). The number of anilines is 15. The number of fused-ring (bicyclic) bond motifs is 20. The second-order valence-electron chi connectivity index (χ2n) is 34.2. The summed E-state index contributed by atoms with van der Waals surface area (Å²) in [6.07, 6.45) is 18.1. The van der Waals surface area contributed by atoms with Crippen molar-refractivity contribution >= 4 is 85.3 Å². The number of para-hydroxylation sites is 8. The molecule has 0 radical (unpaired) electrons. The standard InChI is InChI=1S/2C24H23N.3C22H19N.15C2H6/c1-3-16-8-10-22-20(12-16)14-18-6-5-7-19-15-21-13-17(4-2)9-11-23(21)25(22)24(18)19;1-3-16-9-10-23-19(11-16)15-21-13-17(4-2)12-20-14-18-7-5-6-8-22(18)25(23)24(20)21;1-2-15-11-18-13-16-7-3-5-9-20(16)23-21-10-6-4-8-17(21)14-19(12-15)22(18)23;2*1-2-15-10-11-21-19(12-15)14-18-8-5-7-17-13-16-6-3-4-9-20(16)23(21)22(17)18;15*1-2/h2*5-13H,3-4,14-15H2,1-2H3;3*3-12H,2,13-14H2,1H3;15*1-2H3. The molecule has 794 valence electrons. The van der Waals surface area contributed by atoms with Crippen LogP contribution in [0.3, 0.4) is 0 Å². The molecule has 0 amide bonds. The lowest BCUT2D eigenvalue weighted by Crippen LogP contribution is -2.25. The van der Waals surface area contributed by atoms with E-state index < -0.39 is 0 Å². The zero-order chi connectivity index (χ0) is 110. The first-order chi connectivity index (χ1) is 73.6. The van der Waals surface area contributed by atoms with E-state index in [0.29, 0.717) is 0 Å². The minimum Gasteiger partial charge on any atom is -0.309 e. The minimum atomic E-state index is 1.04. The van der Waals surface area contributed by atoms with Gasteiger partial charge in [0.15, 0.2) is 0 Å². The highest BCUT2D eigenvalue weighted by atomic mass is 15.2. The van der Waals surface area contributed by atoms with Crippen LogP contribution >= 0.6 is 0 Å². The Morgan fingerprint density at radius 3 is 0.409 bits per heavy atom. The van der Waals surface area contributed by atoms with Gasteiger partial charge >= 0.3 is 0 Å². The summed E-state index contributed by atoms with van der Waals surface area (Å²) in [5.41, 5.74) is 59.8. The Balaban J connectivity index is 0.000000267. The lowest BCUT2D eigenvalue weighted by atomic mass is 9.84. The van der Waals surface area contributed by atoms with E-state index in [-0.39, 0.29) is 0 Å². The van der Waals surface area contributed by atoms with Gasteiger partial charge in [-0.2, -0.15) is 0 Å². The highest BCUT2D eigenvalue weighted by molar-refractivity contribution is 5.95. The topological polar surface area (TPSA) is 16.2 Å². The van der Waals surface area contributed by atoms with Gasteiger partial charge in [-0.05, 0) is 256 Å². The first-order valence-electron chi connectivity index (χ1n) is 59.2. The summed E-state index contributed by atoms with van der Waals surface area (Å²) < 4.78 is 0. The van der Waals surface area contributed by atoms with E-state index in [0.717, 1.165) is 109 Å². The molecule has 0 atom stereocenters. The van der Waals surface area contributed by atoms with Crippen LogP contribution in [-0.4, -0.2) is 0 Å². The van der Waals surface area contributed by atoms with Crippen LogP contribution in [-0.2, 0) is 109 Å². The largest absolute Gasteiger partial charge is 0.309 e. The van der Waals surface area contributed by atoms with Crippen molar-refractivity contribution in [3.05, 3.63) is 441 Å². The first-order valence-corrected chi connectivity index (χ1v) is 59.2. The second-order valence-corrected chi connectivity index (χ2v) is 34.2. The SMILES string of the molecule is CC.CC.CC.CC.CC.CC.CC.CC.CC.CC.CC.CC.CC.CC.CC.CCc1cc2c3c(c1)Cc1ccccc1N3c1ccccc1C2.CCc1ccc2c(c1)Cc1cc(CC)cc3c1N2c1ccccc1C3.CCc1ccc2c(c1)Cc1cccc3c1N2c1ccc(CC)cc1C3.CCc1ccc2c(c1)Cc1cccc3c1N2c1ccccc1C3.CCc1ccc2c(c1)Cc1cccc3c1N2c1ccccc1C3. The highest BCUT2D eigenvalue weighted by Crippen LogP contribution is 2.57. The van der Waals surface area contributed by atoms with Crippen LogP contribution in [0.15, 0.2) is 291 Å². The predicted molar refractivity (Wildman–Crippen MR) is 670 cm³/mol. The average Bonchev–Trinajstić information content (AvgIpc) is 0.656. The van der Waals surface area contributed by atoms with E-state index in [1.54, 1.807) is 0 Å². The fourth-order valence-electron chi connectivity index (χ4n) is 21.2. The van der Waals surface area contributed by atoms with Gasteiger partial charge < -0.3 is 24.5 Å². The van der Waals surface area contributed by atoms with Crippen molar-refractivity contribution in [2.24, 2.45) is 0 Å². The maximum absolute atomic E-state index is 2.52. The van der Waals surface area contributed by atoms with Gasteiger partial charge in [0.2, 0.25) is 0 Å². The van der Waals surface area contributed by atoms with Gasteiger partial charge in [0, 0.05) is 121 Å². The smallest absolute Gasteiger partial charge is 0.0532 e. The van der Waals surface area contributed by atoms with Gasteiger partial charge in [0.25, 0.3) is 0 Å². The fraction of sp³-hybridized carbons (Fsp3) is 0.375. The number of benzene rings is 15. The van der Waals surface area contributed by atoms with Crippen LogP contribution in [0.25, 0.3) is 0 Å². The van der Waals surface area contributed by atoms with Gasteiger partial charge in [0.05, 0.1) is 28.4 Å². The molecule has 0 saturated carbocycles. The highest BCUT2D eigenvalue weighted by Gasteiger charge is 2.38. The van der Waals surface area contributed by atoms with Crippen LogP contribution in [0.5, 0.6) is 0 Å². The first kappa shape index (κ1) is 125. The maximum Gasteiger partial charge on any atom is 0.0532 e. The molecule has 149 heavy (non-hydrogen) atoms. The molecule has 10 aliphatic heterocycles. The third-order valence-corrected chi connectivity index (χ3v) is 27.1. The molecule has 5 heteroatoms. The molecular formula is C144H193N5. The Bertz CT molecular complexity index is 6240. The van der Waals surface area contributed by atoms with Gasteiger partial charge in [-0.1, -0.05) is 487 Å². The minimum absolute atomic E-state index is 1.04. The van der Waals surface area contributed by atoms with Crippen molar-refractivity contribution in [1.82, 2.24) is 0 Å². The van der Waals surface area contributed by atoms with Crippen molar-refractivity contribution < 1.29 is 0 Å². The molecule has 0 spiro atoms. The summed E-state index contributed by atoms with van der Waals surface area (Å²) in [6.45, 7) is 75.7. The van der Waals surface area contributed by atoms with Crippen LogP contribution in [0.4, 0.5) is 85.3 Å². The van der Waals surface area contributed by atoms with Crippen molar-refractivity contribution in [2.75, 3.05) is 24.5 Å². The number of hydrogen-bond donors (Lipinski definition) is 0. The molecule has 0 unspecified atom stereocenters. The predicted octanol–water partition coefficient (Wildman–Crippen LogP) is 44.2. The zero-order valence-corrected chi connectivity index (χ0v) is 100.0. The summed E-state index contributed by atoms with van der Waals surface area (Å²) in [5, 5.41) is 0. The van der Waals surface area contributed by atoms with Crippen molar-refractivity contribution in [1.29, 1.82) is 0 Å². The summed E-state index contributed by atoms with van der Waals surface area (Å²) >= 11 is 0. The van der Waals surface area contributed by atoms with E-state index in [2.05, 4.69) is 364 Å². The van der Waals surface area contributed by atoms with Crippen molar-refractivity contribution in [3.63, 3.8) is 0 Å². The van der Waals surface area contributed by atoms with E-state index in [9.17, 15) is 0 Å². The Morgan fingerprint density at radius 1 is 0.121 bits per heavy atom. The molecule has 0 N–H and O–H groups in total. The van der Waals surface area contributed by atoms with E-state index in [1.807, 2.05) is 208 Å². The molecule has 15 aromatic carbocycles. The molecule has 0 aliphatic carbocycles. The summed E-state index contributed by atoms with van der Waals surface area (Å²) in [4.78, 5) is 12.5.